The number of carbonyl (C=O) groups excluding carboxylic acids is 1. The summed E-state index contributed by atoms with van der Waals surface area (Å²) in [6.45, 7) is 6.22. The maximum absolute atomic E-state index is 12.4. The van der Waals surface area contributed by atoms with Gasteiger partial charge in [-0.15, -0.1) is 0 Å². The van der Waals surface area contributed by atoms with Gasteiger partial charge in [0.1, 0.15) is 0 Å². The van der Waals surface area contributed by atoms with E-state index in [0.717, 1.165) is 13.1 Å². The highest BCUT2D eigenvalue weighted by atomic mass is 32.2. The van der Waals surface area contributed by atoms with Crippen LogP contribution in [0, 0.1) is 0 Å². The van der Waals surface area contributed by atoms with Gasteiger partial charge in [0.05, 0.1) is 18.0 Å². The fraction of sp³-hybridized carbons (Fsp3) is 0.562. The van der Waals surface area contributed by atoms with Crippen LogP contribution in [0.15, 0.2) is 29.2 Å². The molecule has 0 spiro atoms. The van der Waals surface area contributed by atoms with Gasteiger partial charge in [0, 0.05) is 31.6 Å². The first-order chi connectivity index (χ1) is 10.8. The molecule has 1 aliphatic heterocycles. The Morgan fingerprint density at radius 2 is 1.78 bits per heavy atom. The number of sulfonamides is 1. The maximum atomic E-state index is 12.4. The third kappa shape index (κ3) is 4.53. The largest absolute Gasteiger partial charge is 0.327 e. The average molecular weight is 340 g/mol. The number of nitrogens with zero attached hydrogens (tertiary/aromatic N) is 1. The molecule has 23 heavy (non-hydrogen) atoms. The number of hydrogen-bond acceptors (Lipinski definition) is 3. The number of benzene rings is 1. The number of anilines is 1. The fourth-order valence-electron chi connectivity index (χ4n) is 2.64. The quantitative estimate of drug-likeness (QED) is 0.784. The Labute approximate surface area is 138 Å². The van der Waals surface area contributed by atoms with Crippen molar-refractivity contribution < 1.29 is 18.1 Å². The average Bonchev–Trinajstić information content (AvgIpc) is 2.99. The third-order valence-electron chi connectivity index (χ3n) is 4.26. The molecule has 7 heteroatoms. The minimum Gasteiger partial charge on any atom is -0.327 e. The van der Waals surface area contributed by atoms with Crippen molar-refractivity contribution in [1.29, 1.82) is 0 Å². The number of nitrogens with one attached hydrogen (secondary N) is 2. The summed E-state index contributed by atoms with van der Waals surface area (Å²) in [6, 6.07) is 6.23. The lowest BCUT2D eigenvalue weighted by Gasteiger charge is -2.21. The number of rotatable bonds is 6. The van der Waals surface area contributed by atoms with Crippen molar-refractivity contribution >= 4 is 21.6 Å². The van der Waals surface area contributed by atoms with Crippen LogP contribution in [0.2, 0.25) is 0 Å². The molecule has 1 fully saturated rings. The summed E-state index contributed by atoms with van der Waals surface area (Å²) in [7, 11) is -1.92. The highest BCUT2D eigenvalue weighted by Crippen LogP contribution is 2.18. The van der Waals surface area contributed by atoms with Crippen LogP contribution < -0.4 is 10.2 Å². The molecule has 0 aliphatic carbocycles. The molecule has 0 bridgehead atoms. The summed E-state index contributed by atoms with van der Waals surface area (Å²) in [4.78, 5) is 13.5. The topological polar surface area (TPSA) is 70.9 Å². The fourth-order valence-corrected chi connectivity index (χ4v) is 4.01. The van der Waals surface area contributed by atoms with Gasteiger partial charge in [-0.3, -0.25) is 4.79 Å². The second kappa shape index (κ2) is 7.42. The molecule has 1 aliphatic rings. The molecule has 1 aromatic rings. The van der Waals surface area contributed by atoms with E-state index in [1.165, 1.54) is 34.2 Å². The molecule has 0 radical (unpaired) electrons. The van der Waals surface area contributed by atoms with E-state index in [1.54, 1.807) is 19.2 Å². The molecule has 1 heterocycles. The van der Waals surface area contributed by atoms with Crippen LogP contribution in [0.4, 0.5) is 5.69 Å². The molecule has 2 rings (SSSR count). The third-order valence-corrected chi connectivity index (χ3v) is 6.31. The van der Waals surface area contributed by atoms with Gasteiger partial charge in [-0.25, -0.2) is 8.42 Å². The molecule has 1 amide bonds. The van der Waals surface area contributed by atoms with E-state index in [4.69, 9.17) is 0 Å². The van der Waals surface area contributed by atoms with Gasteiger partial charge < -0.3 is 10.2 Å². The van der Waals surface area contributed by atoms with Crippen molar-refractivity contribution in [1.82, 2.24) is 4.31 Å². The van der Waals surface area contributed by atoms with Crippen molar-refractivity contribution in [2.24, 2.45) is 0 Å². The maximum Gasteiger partial charge on any atom is 0.279 e. The van der Waals surface area contributed by atoms with E-state index in [0.29, 0.717) is 12.2 Å². The molecule has 0 saturated carbocycles. The highest BCUT2D eigenvalue weighted by Gasteiger charge is 2.23. The van der Waals surface area contributed by atoms with Crippen LogP contribution in [-0.2, 0) is 14.8 Å². The first kappa shape index (κ1) is 17.9. The van der Waals surface area contributed by atoms with E-state index >= 15 is 0 Å². The summed E-state index contributed by atoms with van der Waals surface area (Å²) in [5, 5.41) is 2.83. The van der Waals surface area contributed by atoms with Gasteiger partial charge in [-0.1, -0.05) is 0 Å². The normalized spacial score (nSPS) is 16.2. The zero-order valence-electron chi connectivity index (χ0n) is 14.0. The summed E-state index contributed by atoms with van der Waals surface area (Å²) < 4.78 is 26.1. The summed E-state index contributed by atoms with van der Waals surface area (Å²) in [5.74, 6) is -0.0307. The van der Waals surface area contributed by atoms with E-state index in [1.807, 2.05) is 13.8 Å². The highest BCUT2D eigenvalue weighted by molar-refractivity contribution is 7.89. The Morgan fingerprint density at radius 1 is 1.22 bits per heavy atom. The predicted molar refractivity (Wildman–Crippen MR) is 90.0 cm³/mol. The van der Waals surface area contributed by atoms with Gasteiger partial charge in [0.2, 0.25) is 10.0 Å². The van der Waals surface area contributed by atoms with Gasteiger partial charge in [-0.05, 0) is 38.1 Å². The standard InChI is InChI=1S/C16H25N3O3S/c1-13(2)18(3)23(21,22)15-8-6-14(7-9-15)17-16(20)12-19-10-4-5-11-19/h6-9,13H,4-5,10-12H2,1-3H3,(H,17,20)/p+1. The molecular formula is C16H26N3O3S+. The minimum absolute atomic E-state index is 0.0307. The van der Waals surface area contributed by atoms with E-state index in [2.05, 4.69) is 5.32 Å². The van der Waals surface area contributed by atoms with E-state index in [9.17, 15) is 13.2 Å². The lowest BCUT2D eigenvalue weighted by molar-refractivity contribution is -0.878. The minimum atomic E-state index is -3.49. The van der Waals surface area contributed by atoms with Gasteiger partial charge in [-0.2, -0.15) is 4.31 Å². The molecule has 128 valence electrons. The van der Waals surface area contributed by atoms with Gasteiger partial charge in [0.15, 0.2) is 6.54 Å². The van der Waals surface area contributed by atoms with E-state index < -0.39 is 10.0 Å². The Morgan fingerprint density at radius 3 is 2.30 bits per heavy atom. The number of quaternary nitrogens is 1. The molecule has 2 N–H and O–H groups in total. The predicted octanol–water partition coefficient (Wildman–Crippen LogP) is 0.333. The number of amides is 1. The van der Waals surface area contributed by atoms with Gasteiger partial charge >= 0.3 is 0 Å². The summed E-state index contributed by atoms with van der Waals surface area (Å²) >= 11 is 0. The smallest absolute Gasteiger partial charge is 0.279 e. The van der Waals surface area contributed by atoms with Crippen LogP contribution in [0.3, 0.4) is 0 Å². The molecule has 0 atom stereocenters. The van der Waals surface area contributed by atoms with Crippen molar-refractivity contribution in [3.05, 3.63) is 24.3 Å². The summed E-state index contributed by atoms with van der Waals surface area (Å²) in [6.07, 6.45) is 2.36. The van der Waals surface area contributed by atoms with Gasteiger partial charge in [0.25, 0.3) is 5.91 Å². The number of hydrogen-bond donors (Lipinski definition) is 2. The van der Waals surface area contributed by atoms with Crippen molar-refractivity contribution in [2.75, 3.05) is 32.0 Å². The van der Waals surface area contributed by atoms with Crippen molar-refractivity contribution in [3.63, 3.8) is 0 Å². The first-order valence-electron chi connectivity index (χ1n) is 8.02. The zero-order valence-corrected chi connectivity index (χ0v) is 14.8. The molecule has 0 aromatic heterocycles. The van der Waals surface area contributed by atoms with Crippen LogP contribution in [-0.4, -0.2) is 51.4 Å². The second-order valence-corrected chi connectivity index (χ2v) is 8.32. The van der Waals surface area contributed by atoms with Crippen LogP contribution in [0.25, 0.3) is 0 Å². The lowest BCUT2D eigenvalue weighted by Crippen LogP contribution is -3.11. The molecule has 1 aromatic carbocycles. The van der Waals surface area contributed by atoms with Crippen LogP contribution >= 0.6 is 0 Å². The molecule has 6 nitrogen and oxygen atoms in total. The monoisotopic (exact) mass is 340 g/mol. The van der Waals surface area contributed by atoms with Crippen LogP contribution in [0.1, 0.15) is 26.7 Å². The Balaban J connectivity index is 2.00. The molecule has 1 saturated heterocycles. The molecular weight excluding hydrogens is 314 g/mol. The SMILES string of the molecule is CC(C)N(C)S(=O)(=O)c1ccc(NC(=O)C[NH+]2CCCC2)cc1. The summed E-state index contributed by atoms with van der Waals surface area (Å²) in [5.41, 5.74) is 0.625. The number of carbonyl (C=O) groups is 1. The Kier molecular flexibility index (Phi) is 5.78. The van der Waals surface area contributed by atoms with Crippen molar-refractivity contribution in [3.8, 4) is 0 Å². The number of likely N-dealkylation sites (tertiary alicyclic amines) is 1. The zero-order chi connectivity index (χ0) is 17.0. The van der Waals surface area contributed by atoms with Crippen LogP contribution in [0.5, 0.6) is 0 Å². The molecule has 0 unspecified atom stereocenters. The van der Waals surface area contributed by atoms with E-state index in [-0.39, 0.29) is 16.8 Å². The Hall–Kier alpha value is -1.44. The Bertz CT molecular complexity index is 635. The lowest BCUT2D eigenvalue weighted by atomic mass is 10.3. The first-order valence-corrected chi connectivity index (χ1v) is 9.46. The second-order valence-electron chi connectivity index (χ2n) is 6.32. The van der Waals surface area contributed by atoms with Crippen molar-refractivity contribution in [2.45, 2.75) is 37.6 Å².